The largest absolute Gasteiger partial charge is 0.444 e. The van der Waals surface area contributed by atoms with Crippen LogP contribution in [0, 0.1) is 0 Å². The first kappa shape index (κ1) is 10.3. The standard InChI is InChI=1S/C9H17NO3/c1-9(2,3)13-8(11)10-4-6-12-7-5-10/h4-7H2,1-3H3. The van der Waals surface area contributed by atoms with E-state index in [0.717, 1.165) is 0 Å². The van der Waals surface area contributed by atoms with E-state index in [4.69, 9.17) is 9.47 Å². The van der Waals surface area contributed by atoms with Gasteiger partial charge in [-0.1, -0.05) is 0 Å². The predicted octanol–water partition coefficient (Wildman–Crippen LogP) is 1.25. The van der Waals surface area contributed by atoms with Gasteiger partial charge < -0.3 is 14.4 Å². The zero-order chi connectivity index (χ0) is 9.90. The van der Waals surface area contributed by atoms with Crippen LogP contribution in [0.25, 0.3) is 0 Å². The first-order chi connectivity index (χ1) is 5.99. The summed E-state index contributed by atoms with van der Waals surface area (Å²) in [5.41, 5.74) is -0.407. The molecule has 1 heterocycles. The second-order valence-corrected chi connectivity index (χ2v) is 4.08. The first-order valence-electron chi connectivity index (χ1n) is 4.55. The van der Waals surface area contributed by atoms with Crippen LogP contribution in [0.2, 0.25) is 0 Å². The molecule has 4 heteroatoms. The third-order valence-electron chi connectivity index (χ3n) is 1.66. The quantitative estimate of drug-likeness (QED) is 0.573. The Hall–Kier alpha value is -0.770. The van der Waals surface area contributed by atoms with Crippen LogP contribution in [-0.2, 0) is 9.47 Å². The van der Waals surface area contributed by atoms with Crippen LogP contribution in [0.3, 0.4) is 0 Å². The molecule has 1 aliphatic heterocycles. The molecule has 76 valence electrons. The lowest BCUT2D eigenvalue weighted by molar-refractivity contribution is -0.00676. The lowest BCUT2D eigenvalue weighted by atomic mass is 10.2. The molecule has 0 aromatic rings. The molecule has 1 rings (SSSR count). The molecule has 0 atom stereocenters. The summed E-state index contributed by atoms with van der Waals surface area (Å²) in [7, 11) is 0. The van der Waals surface area contributed by atoms with E-state index in [0.29, 0.717) is 26.3 Å². The number of ether oxygens (including phenoxy) is 2. The Morgan fingerprint density at radius 3 is 2.31 bits per heavy atom. The third-order valence-corrected chi connectivity index (χ3v) is 1.66. The average Bonchev–Trinajstić information content (AvgIpc) is 2.03. The number of hydrogen-bond acceptors (Lipinski definition) is 3. The summed E-state index contributed by atoms with van der Waals surface area (Å²) in [5, 5.41) is 0. The smallest absolute Gasteiger partial charge is 0.410 e. The first-order valence-corrected chi connectivity index (χ1v) is 4.55. The summed E-state index contributed by atoms with van der Waals surface area (Å²) in [6.45, 7) is 8.09. The molecule has 4 nitrogen and oxygen atoms in total. The number of carbonyl (C=O) groups excluding carboxylic acids is 1. The second-order valence-electron chi connectivity index (χ2n) is 4.08. The molecular formula is C9H17NO3. The van der Waals surface area contributed by atoms with Gasteiger partial charge in [0, 0.05) is 13.1 Å². The van der Waals surface area contributed by atoms with Gasteiger partial charge in [0.05, 0.1) is 13.2 Å². The number of hydrogen-bond donors (Lipinski definition) is 0. The summed E-state index contributed by atoms with van der Waals surface area (Å²) in [4.78, 5) is 13.1. The van der Waals surface area contributed by atoms with Crippen LogP contribution >= 0.6 is 0 Å². The number of morpholine rings is 1. The number of nitrogens with zero attached hydrogens (tertiary/aromatic N) is 1. The van der Waals surface area contributed by atoms with Crippen molar-refractivity contribution in [2.45, 2.75) is 26.4 Å². The minimum absolute atomic E-state index is 0.240. The van der Waals surface area contributed by atoms with Gasteiger partial charge in [-0.2, -0.15) is 0 Å². The van der Waals surface area contributed by atoms with Crippen molar-refractivity contribution in [1.82, 2.24) is 4.90 Å². The van der Waals surface area contributed by atoms with Crippen molar-refractivity contribution in [3.8, 4) is 0 Å². The highest BCUT2D eigenvalue weighted by Crippen LogP contribution is 2.10. The molecule has 0 unspecified atom stereocenters. The molecule has 1 aliphatic rings. The molecule has 0 spiro atoms. The minimum atomic E-state index is -0.407. The zero-order valence-corrected chi connectivity index (χ0v) is 8.50. The van der Waals surface area contributed by atoms with Crippen LogP contribution in [0.1, 0.15) is 20.8 Å². The Morgan fingerprint density at radius 2 is 1.85 bits per heavy atom. The number of rotatable bonds is 0. The Bertz CT molecular complexity index is 180. The molecule has 0 radical (unpaired) electrons. The second kappa shape index (κ2) is 3.96. The lowest BCUT2D eigenvalue weighted by Crippen LogP contribution is -2.43. The summed E-state index contributed by atoms with van der Waals surface area (Å²) in [5.74, 6) is 0. The fourth-order valence-corrected chi connectivity index (χ4v) is 1.07. The summed E-state index contributed by atoms with van der Waals surface area (Å²) in [6, 6.07) is 0. The van der Waals surface area contributed by atoms with E-state index in [1.807, 2.05) is 20.8 Å². The number of amides is 1. The Balaban J connectivity index is 2.38. The van der Waals surface area contributed by atoms with Crippen molar-refractivity contribution in [3.05, 3.63) is 0 Å². The zero-order valence-electron chi connectivity index (χ0n) is 8.50. The maximum atomic E-state index is 11.5. The fourth-order valence-electron chi connectivity index (χ4n) is 1.07. The lowest BCUT2D eigenvalue weighted by Gasteiger charge is -2.29. The van der Waals surface area contributed by atoms with Gasteiger partial charge in [-0.15, -0.1) is 0 Å². The van der Waals surface area contributed by atoms with Crippen LogP contribution in [0.5, 0.6) is 0 Å². The predicted molar refractivity (Wildman–Crippen MR) is 48.6 cm³/mol. The Kier molecular flexibility index (Phi) is 3.14. The van der Waals surface area contributed by atoms with Crippen LogP contribution in [-0.4, -0.2) is 42.9 Å². The number of carbonyl (C=O) groups is 1. The highest BCUT2D eigenvalue weighted by Gasteiger charge is 2.23. The van der Waals surface area contributed by atoms with Crippen molar-refractivity contribution in [2.24, 2.45) is 0 Å². The fraction of sp³-hybridized carbons (Fsp3) is 0.889. The molecule has 0 aliphatic carbocycles. The molecule has 0 aromatic carbocycles. The third kappa shape index (κ3) is 3.63. The van der Waals surface area contributed by atoms with Crippen molar-refractivity contribution < 1.29 is 14.3 Å². The molecule has 0 bridgehead atoms. The van der Waals surface area contributed by atoms with Gasteiger partial charge in [0.2, 0.25) is 0 Å². The van der Waals surface area contributed by atoms with E-state index in [2.05, 4.69) is 0 Å². The van der Waals surface area contributed by atoms with Crippen LogP contribution < -0.4 is 0 Å². The molecule has 1 fully saturated rings. The van der Waals surface area contributed by atoms with Gasteiger partial charge in [-0.05, 0) is 20.8 Å². The van der Waals surface area contributed by atoms with Gasteiger partial charge in [-0.3, -0.25) is 0 Å². The van der Waals surface area contributed by atoms with Gasteiger partial charge in [0.25, 0.3) is 0 Å². The highest BCUT2D eigenvalue weighted by atomic mass is 16.6. The molecule has 1 amide bonds. The van der Waals surface area contributed by atoms with Gasteiger partial charge in [0.15, 0.2) is 0 Å². The molecule has 1 saturated heterocycles. The monoisotopic (exact) mass is 187 g/mol. The SMILES string of the molecule is CC(C)(C)OC(=O)N1CCOCC1. The summed E-state index contributed by atoms with van der Waals surface area (Å²) in [6.07, 6.45) is -0.240. The molecular weight excluding hydrogens is 170 g/mol. The van der Waals surface area contributed by atoms with Gasteiger partial charge in [0.1, 0.15) is 5.60 Å². The van der Waals surface area contributed by atoms with E-state index in [1.54, 1.807) is 4.90 Å². The van der Waals surface area contributed by atoms with Crippen LogP contribution in [0.15, 0.2) is 0 Å². The molecule has 0 saturated carbocycles. The van der Waals surface area contributed by atoms with E-state index in [1.165, 1.54) is 0 Å². The van der Waals surface area contributed by atoms with Crippen molar-refractivity contribution >= 4 is 6.09 Å². The topological polar surface area (TPSA) is 38.8 Å². The average molecular weight is 187 g/mol. The Morgan fingerprint density at radius 1 is 1.31 bits per heavy atom. The molecule has 13 heavy (non-hydrogen) atoms. The normalized spacial score (nSPS) is 18.5. The van der Waals surface area contributed by atoms with E-state index in [-0.39, 0.29) is 6.09 Å². The van der Waals surface area contributed by atoms with E-state index in [9.17, 15) is 4.79 Å². The summed E-state index contributed by atoms with van der Waals surface area (Å²) < 4.78 is 10.3. The maximum absolute atomic E-state index is 11.5. The molecule has 0 N–H and O–H groups in total. The van der Waals surface area contributed by atoms with Crippen molar-refractivity contribution in [1.29, 1.82) is 0 Å². The molecule has 0 aromatic heterocycles. The van der Waals surface area contributed by atoms with Crippen molar-refractivity contribution in [3.63, 3.8) is 0 Å². The summed E-state index contributed by atoms with van der Waals surface area (Å²) >= 11 is 0. The van der Waals surface area contributed by atoms with Gasteiger partial charge in [-0.25, -0.2) is 4.79 Å². The minimum Gasteiger partial charge on any atom is -0.444 e. The maximum Gasteiger partial charge on any atom is 0.410 e. The highest BCUT2D eigenvalue weighted by molar-refractivity contribution is 5.68. The van der Waals surface area contributed by atoms with E-state index < -0.39 is 5.60 Å². The van der Waals surface area contributed by atoms with Gasteiger partial charge >= 0.3 is 6.09 Å². The van der Waals surface area contributed by atoms with E-state index >= 15 is 0 Å². The van der Waals surface area contributed by atoms with Crippen molar-refractivity contribution in [2.75, 3.05) is 26.3 Å². The van der Waals surface area contributed by atoms with Crippen LogP contribution in [0.4, 0.5) is 4.79 Å². The Labute approximate surface area is 78.8 Å².